The van der Waals surface area contributed by atoms with Crippen LogP contribution < -0.4 is 0 Å². The van der Waals surface area contributed by atoms with E-state index >= 15 is 0 Å². The van der Waals surface area contributed by atoms with Gasteiger partial charge in [-0.25, -0.2) is 4.39 Å². The van der Waals surface area contributed by atoms with E-state index in [4.69, 9.17) is 16.0 Å². The van der Waals surface area contributed by atoms with Crippen LogP contribution in [0.5, 0.6) is 0 Å². The molecule has 0 aliphatic rings. The SMILES string of the molecule is Fc1ccccc1-c1nnc(SCc2ccccc2Cl)n1Cc1ccco1. The molecule has 0 radical (unpaired) electrons. The molecule has 0 aliphatic carbocycles. The zero-order valence-electron chi connectivity index (χ0n) is 14.2. The summed E-state index contributed by atoms with van der Waals surface area (Å²) >= 11 is 7.74. The van der Waals surface area contributed by atoms with Crippen LogP contribution in [0.15, 0.2) is 76.5 Å². The molecule has 0 saturated heterocycles. The molecule has 4 aromatic rings. The van der Waals surface area contributed by atoms with Crippen LogP contribution in [0.2, 0.25) is 5.02 Å². The number of aromatic nitrogens is 3. The minimum atomic E-state index is -0.340. The van der Waals surface area contributed by atoms with E-state index in [1.54, 1.807) is 24.5 Å². The lowest BCUT2D eigenvalue weighted by atomic mass is 10.2. The van der Waals surface area contributed by atoms with Crippen LogP contribution >= 0.6 is 23.4 Å². The molecule has 0 spiro atoms. The van der Waals surface area contributed by atoms with E-state index in [1.165, 1.54) is 17.8 Å². The number of halogens is 2. The van der Waals surface area contributed by atoms with Gasteiger partial charge in [0, 0.05) is 10.8 Å². The minimum Gasteiger partial charge on any atom is -0.467 e. The summed E-state index contributed by atoms with van der Waals surface area (Å²) in [6.07, 6.45) is 1.61. The van der Waals surface area contributed by atoms with Crippen LogP contribution in [-0.2, 0) is 12.3 Å². The molecule has 2 aromatic heterocycles. The fourth-order valence-corrected chi connectivity index (χ4v) is 3.92. The molecular formula is C20H15ClFN3OS. The summed E-state index contributed by atoms with van der Waals surface area (Å²) < 4.78 is 21.6. The van der Waals surface area contributed by atoms with Gasteiger partial charge in [-0.15, -0.1) is 10.2 Å². The lowest BCUT2D eigenvalue weighted by Crippen LogP contribution is -2.04. The molecule has 27 heavy (non-hydrogen) atoms. The first-order valence-electron chi connectivity index (χ1n) is 8.29. The van der Waals surface area contributed by atoms with Crippen molar-refractivity contribution < 1.29 is 8.81 Å². The molecule has 4 rings (SSSR count). The van der Waals surface area contributed by atoms with E-state index in [0.717, 1.165) is 11.3 Å². The van der Waals surface area contributed by atoms with Gasteiger partial charge < -0.3 is 4.42 Å². The molecule has 0 saturated carbocycles. The van der Waals surface area contributed by atoms with Crippen LogP contribution in [-0.4, -0.2) is 14.8 Å². The molecule has 0 unspecified atom stereocenters. The number of hydrogen-bond acceptors (Lipinski definition) is 4. The summed E-state index contributed by atoms with van der Waals surface area (Å²) in [5.74, 6) is 1.50. The van der Waals surface area contributed by atoms with Gasteiger partial charge in [0.2, 0.25) is 0 Å². The van der Waals surface area contributed by atoms with Crippen molar-refractivity contribution in [2.75, 3.05) is 0 Å². The van der Waals surface area contributed by atoms with Crippen molar-refractivity contribution in [2.24, 2.45) is 0 Å². The largest absolute Gasteiger partial charge is 0.467 e. The Balaban J connectivity index is 1.69. The third-order valence-corrected chi connectivity index (χ3v) is 5.42. The van der Waals surface area contributed by atoms with E-state index in [1.807, 2.05) is 41.0 Å². The van der Waals surface area contributed by atoms with Crippen molar-refractivity contribution >= 4 is 23.4 Å². The molecule has 0 atom stereocenters. The lowest BCUT2D eigenvalue weighted by molar-refractivity contribution is 0.485. The second kappa shape index (κ2) is 7.98. The maximum atomic E-state index is 14.3. The Morgan fingerprint density at radius 2 is 1.81 bits per heavy atom. The summed E-state index contributed by atoms with van der Waals surface area (Å²) in [6.45, 7) is 0.411. The van der Waals surface area contributed by atoms with Crippen molar-refractivity contribution in [3.05, 3.63) is 89.1 Å². The second-order valence-electron chi connectivity index (χ2n) is 5.83. The van der Waals surface area contributed by atoms with E-state index in [0.29, 0.717) is 33.9 Å². The second-order valence-corrected chi connectivity index (χ2v) is 7.18. The Labute approximate surface area is 165 Å². The van der Waals surface area contributed by atoms with Gasteiger partial charge in [-0.05, 0) is 35.9 Å². The summed E-state index contributed by atoms with van der Waals surface area (Å²) in [6, 6.07) is 17.9. The highest BCUT2D eigenvalue weighted by atomic mass is 35.5. The smallest absolute Gasteiger partial charge is 0.192 e. The molecule has 4 nitrogen and oxygen atoms in total. The quantitative estimate of drug-likeness (QED) is 0.392. The monoisotopic (exact) mass is 399 g/mol. The van der Waals surface area contributed by atoms with Crippen LogP contribution in [0.4, 0.5) is 4.39 Å². The van der Waals surface area contributed by atoms with E-state index in [-0.39, 0.29) is 5.82 Å². The van der Waals surface area contributed by atoms with Gasteiger partial charge in [-0.3, -0.25) is 4.57 Å². The first-order chi connectivity index (χ1) is 13.2. The predicted octanol–water partition coefficient (Wildman–Crippen LogP) is 5.67. The standard InChI is InChI=1S/C20H15ClFN3OS/c21-17-9-3-1-6-14(17)13-27-20-24-23-19(16-8-2-4-10-18(16)22)25(20)12-15-7-5-11-26-15/h1-11H,12-13H2. The van der Waals surface area contributed by atoms with Gasteiger partial charge in [-0.2, -0.15) is 0 Å². The Hall–Kier alpha value is -2.57. The molecular weight excluding hydrogens is 385 g/mol. The minimum absolute atomic E-state index is 0.340. The Kier molecular flexibility index (Phi) is 5.27. The van der Waals surface area contributed by atoms with Gasteiger partial charge in [0.15, 0.2) is 11.0 Å². The fraction of sp³-hybridized carbons (Fsp3) is 0.100. The van der Waals surface area contributed by atoms with Crippen LogP contribution in [0.25, 0.3) is 11.4 Å². The molecule has 2 heterocycles. The van der Waals surface area contributed by atoms with Crippen molar-refractivity contribution in [1.82, 2.24) is 14.8 Å². The van der Waals surface area contributed by atoms with E-state index in [9.17, 15) is 4.39 Å². The Morgan fingerprint density at radius 3 is 2.59 bits per heavy atom. The average molecular weight is 400 g/mol. The number of hydrogen-bond donors (Lipinski definition) is 0. The molecule has 0 fully saturated rings. The summed E-state index contributed by atoms with van der Waals surface area (Å²) in [5.41, 5.74) is 1.41. The van der Waals surface area contributed by atoms with Crippen LogP contribution in [0.1, 0.15) is 11.3 Å². The highest BCUT2D eigenvalue weighted by molar-refractivity contribution is 7.98. The van der Waals surface area contributed by atoms with Crippen LogP contribution in [0.3, 0.4) is 0 Å². The molecule has 7 heteroatoms. The topological polar surface area (TPSA) is 43.9 Å². The highest BCUT2D eigenvalue weighted by Gasteiger charge is 2.18. The number of thioether (sulfide) groups is 1. The Bertz CT molecular complexity index is 1050. The van der Waals surface area contributed by atoms with Crippen LogP contribution in [0, 0.1) is 5.82 Å². The zero-order valence-corrected chi connectivity index (χ0v) is 15.8. The molecule has 136 valence electrons. The first kappa shape index (κ1) is 17.8. The Morgan fingerprint density at radius 1 is 1.00 bits per heavy atom. The zero-order chi connectivity index (χ0) is 18.6. The molecule has 0 aliphatic heterocycles. The van der Waals surface area contributed by atoms with Crippen molar-refractivity contribution in [3.8, 4) is 11.4 Å². The van der Waals surface area contributed by atoms with E-state index < -0.39 is 0 Å². The van der Waals surface area contributed by atoms with Crippen molar-refractivity contribution in [2.45, 2.75) is 17.5 Å². The maximum absolute atomic E-state index is 14.3. The normalized spacial score (nSPS) is 11.0. The summed E-state index contributed by atoms with van der Waals surface area (Å²) in [5, 5.41) is 9.90. The average Bonchev–Trinajstić information content (AvgIpc) is 3.32. The maximum Gasteiger partial charge on any atom is 0.192 e. The first-order valence-corrected chi connectivity index (χ1v) is 9.65. The third kappa shape index (κ3) is 3.91. The highest BCUT2D eigenvalue weighted by Crippen LogP contribution is 2.30. The summed E-state index contributed by atoms with van der Waals surface area (Å²) in [7, 11) is 0. The fourth-order valence-electron chi connectivity index (χ4n) is 2.70. The van der Waals surface area contributed by atoms with Crippen molar-refractivity contribution in [3.63, 3.8) is 0 Å². The van der Waals surface area contributed by atoms with Gasteiger partial charge >= 0.3 is 0 Å². The molecule has 0 bridgehead atoms. The summed E-state index contributed by atoms with van der Waals surface area (Å²) in [4.78, 5) is 0. The number of rotatable bonds is 6. The predicted molar refractivity (Wildman–Crippen MR) is 104 cm³/mol. The molecule has 2 aromatic carbocycles. The number of furan rings is 1. The number of nitrogens with zero attached hydrogens (tertiary/aromatic N) is 3. The third-order valence-electron chi connectivity index (χ3n) is 4.04. The number of benzene rings is 2. The van der Waals surface area contributed by atoms with Gasteiger partial charge in [-0.1, -0.05) is 53.7 Å². The van der Waals surface area contributed by atoms with Gasteiger partial charge in [0.05, 0.1) is 18.4 Å². The van der Waals surface area contributed by atoms with Crippen molar-refractivity contribution in [1.29, 1.82) is 0 Å². The van der Waals surface area contributed by atoms with Gasteiger partial charge in [0.1, 0.15) is 11.6 Å². The lowest BCUT2D eigenvalue weighted by Gasteiger charge is -2.10. The van der Waals surface area contributed by atoms with E-state index in [2.05, 4.69) is 10.2 Å². The van der Waals surface area contributed by atoms with Gasteiger partial charge in [0.25, 0.3) is 0 Å². The molecule has 0 amide bonds. The molecule has 0 N–H and O–H groups in total.